The van der Waals surface area contributed by atoms with Gasteiger partial charge in [0.25, 0.3) is 0 Å². The molecule has 1 aliphatic rings. The molecule has 0 amide bonds. The number of hydrogen-bond donors (Lipinski definition) is 0. The summed E-state index contributed by atoms with van der Waals surface area (Å²) in [4.78, 5) is 2.31. The predicted octanol–water partition coefficient (Wildman–Crippen LogP) is 0.423. The predicted molar refractivity (Wildman–Crippen MR) is 43.8 cm³/mol. The largest absolute Gasteiger partial charge is 0.306 e. The first-order valence-electron chi connectivity index (χ1n) is 3.90. The van der Waals surface area contributed by atoms with Crippen LogP contribution in [0.2, 0.25) is 0 Å². The summed E-state index contributed by atoms with van der Waals surface area (Å²) >= 11 is 0. The summed E-state index contributed by atoms with van der Waals surface area (Å²) in [6.45, 7) is 1.21. The van der Waals surface area contributed by atoms with Crippen molar-refractivity contribution in [2.75, 3.05) is 27.7 Å². The maximum Gasteiger partial charge on any atom is 0.143 e. The van der Waals surface area contributed by atoms with Crippen LogP contribution in [0.4, 0.5) is 0 Å². The number of rotatable bonds is 1. The number of nitrogens with zero attached hydrogens (tertiary/aromatic N) is 2. The summed E-state index contributed by atoms with van der Waals surface area (Å²) in [5, 5.41) is 0. The lowest BCUT2D eigenvalue weighted by atomic mass is 10.1. The third-order valence-corrected chi connectivity index (χ3v) is 2.23. The maximum absolute atomic E-state index is 2.31. The van der Waals surface area contributed by atoms with Gasteiger partial charge in [0.05, 0.1) is 0 Å². The van der Waals surface area contributed by atoms with E-state index in [1.807, 2.05) is 0 Å². The average Bonchev–Trinajstić information content (AvgIpc) is 1.88. The fourth-order valence-corrected chi connectivity index (χ4v) is 1.33. The van der Waals surface area contributed by atoms with Gasteiger partial charge in [0.1, 0.15) is 19.8 Å². The molecule has 1 aliphatic heterocycles. The molecule has 0 fully saturated rings. The molecule has 0 N–H and O–H groups in total. The van der Waals surface area contributed by atoms with Gasteiger partial charge in [0, 0.05) is 18.9 Å². The van der Waals surface area contributed by atoms with Gasteiger partial charge in [-0.1, -0.05) is 0 Å². The van der Waals surface area contributed by atoms with E-state index in [4.69, 9.17) is 0 Å². The van der Waals surface area contributed by atoms with Gasteiger partial charge in [-0.05, 0) is 14.1 Å². The van der Waals surface area contributed by atoms with Crippen LogP contribution in [0.5, 0.6) is 0 Å². The Bertz CT molecular complexity index is 138. The maximum atomic E-state index is 2.31. The van der Waals surface area contributed by atoms with Gasteiger partial charge in [0.2, 0.25) is 0 Å². The van der Waals surface area contributed by atoms with E-state index in [-0.39, 0.29) is 0 Å². The molecule has 0 aromatic rings. The quantitative estimate of drug-likeness (QED) is 0.480. The fraction of sp³-hybridized carbons (Fsp3) is 0.875. The summed E-state index contributed by atoms with van der Waals surface area (Å²) in [7, 11) is 6.46. The summed E-state index contributed by atoms with van der Waals surface area (Å²) < 4.78 is 2.28. The normalized spacial score (nSPS) is 26.8. The average molecular weight is 141 g/mol. The summed E-state index contributed by atoms with van der Waals surface area (Å²) in [6.07, 6.45) is 4.80. The zero-order chi connectivity index (χ0) is 7.56. The Balaban J connectivity index is 2.42. The molecule has 0 saturated heterocycles. The van der Waals surface area contributed by atoms with E-state index in [9.17, 15) is 0 Å². The van der Waals surface area contributed by atoms with E-state index in [1.54, 1.807) is 0 Å². The monoisotopic (exact) mass is 141 g/mol. The third kappa shape index (κ3) is 1.81. The molecule has 2 nitrogen and oxygen atoms in total. The highest BCUT2D eigenvalue weighted by Gasteiger charge is 2.17. The molecule has 1 atom stereocenters. The third-order valence-electron chi connectivity index (χ3n) is 2.23. The minimum absolute atomic E-state index is 0.774. The van der Waals surface area contributed by atoms with E-state index >= 15 is 0 Å². The molecule has 1 unspecified atom stereocenters. The van der Waals surface area contributed by atoms with Crippen molar-refractivity contribution in [1.82, 2.24) is 4.90 Å². The lowest BCUT2D eigenvalue weighted by Gasteiger charge is -2.23. The second-order valence-corrected chi connectivity index (χ2v) is 3.30. The van der Waals surface area contributed by atoms with Gasteiger partial charge in [-0.3, -0.25) is 0 Å². The Kier molecular flexibility index (Phi) is 2.44. The van der Waals surface area contributed by atoms with Crippen LogP contribution in [0.25, 0.3) is 0 Å². The Labute approximate surface area is 63.2 Å². The van der Waals surface area contributed by atoms with Crippen molar-refractivity contribution >= 4 is 6.21 Å². The van der Waals surface area contributed by atoms with Gasteiger partial charge < -0.3 is 4.90 Å². The van der Waals surface area contributed by atoms with Crippen LogP contribution in [0.3, 0.4) is 0 Å². The van der Waals surface area contributed by atoms with E-state index < -0.39 is 0 Å². The Hall–Kier alpha value is -0.370. The van der Waals surface area contributed by atoms with Gasteiger partial charge in [-0.2, -0.15) is 0 Å². The highest BCUT2D eigenvalue weighted by Crippen LogP contribution is 2.06. The van der Waals surface area contributed by atoms with Crippen LogP contribution >= 0.6 is 0 Å². The molecule has 58 valence electrons. The second kappa shape index (κ2) is 3.15. The van der Waals surface area contributed by atoms with Crippen LogP contribution in [0, 0.1) is 0 Å². The highest BCUT2D eigenvalue weighted by atomic mass is 15.1. The Morgan fingerprint density at radius 2 is 2.20 bits per heavy atom. The molecule has 0 bridgehead atoms. The fourth-order valence-electron chi connectivity index (χ4n) is 1.33. The molecule has 0 aliphatic carbocycles. The molecule has 10 heavy (non-hydrogen) atoms. The first kappa shape index (κ1) is 7.73. The topological polar surface area (TPSA) is 6.25 Å². The van der Waals surface area contributed by atoms with E-state index in [0.29, 0.717) is 0 Å². The molecular formula is C8H17N2+. The molecule has 0 aromatic heterocycles. The lowest BCUT2D eigenvalue weighted by Crippen LogP contribution is -2.35. The van der Waals surface area contributed by atoms with E-state index in [2.05, 4.69) is 36.8 Å². The first-order chi connectivity index (χ1) is 4.70. The minimum atomic E-state index is 0.774. The molecule has 2 heteroatoms. The molecule has 1 heterocycles. The van der Waals surface area contributed by atoms with Crippen molar-refractivity contribution in [1.29, 1.82) is 0 Å². The zero-order valence-corrected chi connectivity index (χ0v) is 7.17. The standard InChI is InChI=1S/C8H17N2/c1-9(2)8-4-6-10(3)7-5-8/h6,8H,4-5,7H2,1-3H3/q+1. The van der Waals surface area contributed by atoms with Crippen molar-refractivity contribution in [3.8, 4) is 0 Å². The first-order valence-corrected chi connectivity index (χ1v) is 3.90. The van der Waals surface area contributed by atoms with Crippen molar-refractivity contribution in [2.45, 2.75) is 18.9 Å². The molecular weight excluding hydrogens is 124 g/mol. The molecule has 0 spiro atoms. The minimum Gasteiger partial charge on any atom is -0.306 e. The smallest absolute Gasteiger partial charge is 0.143 e. The van der Waals surface area contributed by atoms with Crippen molar-refractivity contribution in [3.63, 3.8) is 0 Å². The van der Waals surface area contributed by atoms with Gasteiger partial charge in [-0.15, -0.1) is 0 Å². The van der Waals surface area contributed by atoms with Gasteiger partial charge >= 0.3 is 0 Å². The van der Waals surface area contributed by atoms with E-state index in [0.717, 1.165) is 6.04 Å². The van der Waals surface area contributed by atoms with Crippen molar-refractivity contribution in [3.05, 3.63) is 0 Å². The Morgan fingerprint density at radius 3 is 2.60 bits per heavy atom. The van der Waals surface area contributed by atoms with Crippen LogP contribution in [-0.2, 0) is 0 Å². The highest BCUT2D eigenvalue weighted by molar-refractivity contribution is 5.52. The summed E-state index contributed by atoms with van der Waals surface area (Å²) in [5.74, 6) is 0. The van der Waals surface area contributed by atoms with Crippen LogP contribution in [0.15, 0.2) is 0 Å². The molecule has 1 rings (SSSR count). The summed E-state index contributed by atoms with van der Waals surface area (Å²) in [5.41, 5.74) is 0. The van der Waals surface area contributed by atoms with Crippen LogP contribution in [-0.4, -0.2) is 49.4 Å². The Morgan fingerprint density at radius 1 is 1.50 bits per heavy atom. The van der Waals surface area contributed by atoms with Crippen LogP contribution < -0.4 is 0 Å². The molecule has 0 aromatic carbocycles. The number of hydrogen-bond acceptors (Lipinski definition) is 1. The van der Waals surface area contributed by atoms with E-state index in [1.165, 1.54) is 19.4 Å². The summed E-state index contributed by atoms with van der Waals surface area (Å²) in [6, 6.07) is 0.774. The lowest BCUT2D eigenvalue weighted by molar-refractivity contribution is -0.499. The van der Waals surface area contributed by atoms with Crippen LogP contribution in [0.1, 0.15) is 12.8 Å². The van der Waals surface area contributed by atoms with Crippen molar-refractivity contribution in [2.24, 2.45) is 0 Å². The van der Waals surface area contributed by atoms with Crippen molar-refractivity contribution < 1.29 is 4.58 Å². The second-order valence-electron chi connectivity index (χ2n) is 3.30. The van der Waals surface area contributed by atoms with Gasteiger partial charge in [-0.25, -0.2) is 4.58 Å². The van der Waals surface area contributed by atoms with Gasteiger partial charge in [0.15, 0.2) is 0 Å². The molecule has 0 saturated carbocycles. The SMILES string of the molecule is CN(C)C1CC=[N+](C)CC1. The molecule has 0 radical (unpaired) electrons. The zero-order valence-electron chi connectivity index (χ0n) is 7.17.